The fourth-order valence-electron chi connectivity index (χ4n) is 3.33. The molecular weight excluding hydrogens is 358 g/mol. The molecule has 0 unspecified atom stereocenters. The van der Waals surface area contributed by atoms with Gasteiger partial charge < -0.3 is 9.80 Å². The van der Waals surface area contributed by atoms with Crippen LogP contribution in [-0.2, 0) is 17.9 Å². The summed E-state index contributed by atoms with van der Waals surface area (Å²) in [6.07, 6.45) is 1.74. The van der Waals surface area contributed by atoms with E-state index < -0.39 is 0 Å². The maximum atomic E-state index is 13.2. The number of thiazole rings is 1. The van der Waals surface area contributed by atoms with Crippen molar-refractivity contribution in [2.24, 2.45) is 0 Å². The van der Waals surface area contributed by atoms with Crippen molar-refractivity contribution >= 4 is 28.8 Å². The van der Waals surface area contributed by atoms with Gasteiger partial charge >= 0.3 is 0 Å². The number of nitrogens with zero attached hydrogens (tertiary/aromatic N) is 3. The Balaban J connectivity index is 1.58. The summed E-state index contributed by atoms with van der Waals surface area (Å²) < 4.78 is 0. The van der Waals surface area contributed by atoms with Crippen LogP contribution < -0.4 is 4.90 Å². The first-order valence-corrected chi connectivity index (χ1v) is 9.63. The number of hydrogen-bond acceptors (Lipinski definition) is 4. The van der Waals surface area contributed by atoms with Gasteiger partial charge in [-0.3, -0.25) is 9.59 Å². The number of benzene rings is 2. The summed E-state index contributed by atoms with van der Waals surface area (Å²) in [5, 5.41) is 2.76. The van der Waals surface area contributed by atoms with Gasteiger partial charge in [-0.2, -0.15) is 0 Å². The fraction of sp³-hybridized carbons (Fsp3) is 0.190. The van der Waals surface area contributed by atoms with Gasteiger partial charge in [0.05, 0.1) is 6.54 Å². The molecule has 0 atom stereocenters. The number of hydrogen-bond donors (Lipinski definition) is 0. The first-order chi connectivity index (χ1) is 13.1. The lowest BCUT2D eigenvalue weighted by atomic mass is 10.1. The van der Waals surface area contributed by atoms with Gasteiger partial charge in [0.15, 0.2) is 0 Å². The smallest absolute Gasteiger partial charge is 0.254 e. The van der Waals surface area contributed by atoms with Crippen LogP contribution in [0, 0.1) is 6.92 Å². The number of fused-ring (bicyclic) bond motifs is 1. The highest BCUT2D eigenvalue weighted by Crippen LogP contribution is 2.25. The van der Waals surface area contributed by atoms with E-state index in [4.69, 9.17) is 0 Å². The van der Waals surface area contributed by atoms with Gasteiger partial charge in [-0.15, -0.1) is 11.3 Å². The van der Waals surface area contributed by atoms with Crippen LogP contribution in [0.25, 0.3) is 0 Å². The predicted octanol–water partition coefficient (Wildman–Crippen LogP) is 3.64. The molecule has 0 N–H and O–H groups in total. The third-order valence-corrected chi connectivity index (χ3v) is 5.47. The van der Waals surface area contributed by atoms with E-state index in [-0.39, 0.29) is 18.4 Å². The van der Waals surface area contributed by atoms with Crippen LogP contribution in [0.5, 0.6) is 0 Å². The molecule has 2 heterocycles. The maximum Gasteiger partial charge on any atom is 0.254 e. The second-order valence-corrected chi connectivity index (χ2v) is 7.49. The van der Waals surface area contributed by atoms with Gasteiger partial charge in [0, 0.05) is 29.4 Å². The average Bonchev–Trinajstić information content (AvgIpc) is 3.29. The molecule has 4 rings (SSSR count). The average molecular weight is 377 g/mol. The molecule has 136 valence electrons. The Labute approximate surface area is 161 Å². The number of carbonyl (C=O) groups excluding carboxylic acids is 2. The highest BCUT2D eigenvalue weighted by molar-refractivity contribution is 7.09. The van der Waals surface area contributed by atoms with Crippen LogP contribution in [0.2, 0.25) is 0 Å². The molecule has 3 aromatic rings. The lowest BCUT2D eigenvalue weighted by Crippen LogP contribution is -2.40. The van der Waals surface area contributed by atoms with Gasteiger partial charge in [-0.25, -0.2) is 4.98 Å². The van der Waals surface area contributed by atoms with E-state index in [0.717, 1.165) is 21.8 Å². The van der Waals surface area contributed by atoms with E-state index in [1.807, 2.05) is 60.8 Å². The molecule has 1 aliphatic heterocycles. The molecule has 0 spiro atoms. The van der Waals surface area contributed by atoms with Gasteiger partial charge in [0.25, 0.3) is 5.91 Å². The second kappa shape index (κ2) is 7.32. The van der Waals surface area contributed by atoms with Crippen LogP contribution >= 0.6 is 11.3 Å². The zero-order valence-corrected chi connectivity index (χ0v) is 15.8. The van der Waals surface area contributed by atoms with Crippen LogP contribution in [-0.4, -0.2) is 28.2 Å². The number of para-hydroxylation sites is 1. The summed E-state index contributed by atoms with van der Waals surface area (Å²) in [6, 6.07) is 15.3. The van der Waals surface area contributed by atoms with Crippen LogP contribution in [0.15, 0.2) is 60.1 Å². The first-order valence-electron chi connectivity index (χ1n) is 8.75. The number of amides is 2. The Kier molecular flexibility index (Phi) is 4.73. The summed E-state index contributed by atoms with van der Waals surface area (Å²) in [5.41, 5.74) is 3.52. The number of aromatic nitrogens is 1. The predicted molar refractivity (Wildman–Crippen MR) is 106 cm³/mol. The highest BCUT2D eigenvalue weighted by atomic mass is 32.1. The van der Waals surface area contributed by atoms with Crippen LogP contribution in [0.4, 0.5) is 5.69 Å². The summed E-state index contributed by atoms with van der Waals surface area (Å²) in [4.78, 5) is 33.5. The number of carbonyl (C=O) groups is 2. The SMILES string of the molecule is Cc1ccccc1N(Cc1nccs1)C(=O)CN1Cc2ccccc2C1=O. The largest absolute Gasteiger partial charge is 0.325 e. The highest BCUT2D eigenvalue weighted by Gasteiger charge is 2.30. The Morgan fingerprint density at radius 3 is 2.70 bits per heavy atom. The molecule has 0 bridgehead atoms. The molecule has 27 heavy (non-hydrogen) atoms. The summed E-state index contributed by atoms with van der Waals surface area (Å²) >= 11 is 1.52. The van der Waals surface area contributed by atoms with Crippen molar-refractivity contribution in [3.63, 3.8) is 0 Å². The second-order valence-electron chi connectivity index (χ2n) is 6.51. The van der Waals surface area contributed by atoms with E-state index in [0.29, 0.717) is 18.7 Å². The van der Waals surface area contributed by atoms with Crippen molar-refractivity contribution in [3.8, 4) is 0 Å². The van der Waals surface area contributed by atoms with E-state index in [1.54, 1.807) is 16.0 Å². The molecule has 1 aromatic heterocycles. The van der Waals surface area contributed by atoms with Gasteiger partial charge in [0.1, 0.15) is 11.6 Å². The molecule has 5 nitrogen and oxygen atoms in total. The molecule has 1 aliphatic rings. The van der Waals surface area contributed by atoms with E-state index in [9.17, 15) is 9.59 Å². The summed E-state index contributed by atoms with van der Waals surface area (Å²) in [7, 11) is 0. The molecular formula is C21H19N3O2S. The van der Waals surface area contributed by atoms with Crippen molar-refractivity contribution in [2.75, 3.05) is 11.4 Å². The molecule has 0 radical (unpaired) electrons. The van der Waals surface area contributed by atoms with Gasteiger partial charge in [0.2, 0.25) is 5.91 Å². The van der Waals surface area contributed by atoms with Gasteiger partial charge in [-0.1, -0.05) is 36.4 Å². The summed E-state index contributed by atoms with van der Waals surface area (Å²) in [6.45, 7) is 2.90. The zero-order chi connectivity index (χ0) is 18.8. The number of aryl methyl sites for hydroxylation is 1. The Morgan fingerprint density at radius 1 is 1.19 bits per heavy atom. The minimum atomic E-state index is -0.111. The number of rotatable bonds is 5. The third-order valence-electron chi connectivity index (χ3n) is 4.71. The fourth-order valence-corrected chi connectivity index (χ4v) is 3.94. The van der Waals surface area contributed by atoms with Crippen LogP contribution in [0.1, 0.15) is 26.5 Å². The molecule has 6 heteroatoms. The molecule has 2 aromatic carbocycles. The summed E-state index contributed by atoms with van der Waals surface area (Å²) in [5.74, 6) is -0.196. The maximum absolute atomic E-state index is 13.2. The molecule has 2 amide bonds. The van der Waals surface area contributed by atoms with Crippen molar-refractivity contribution in [3.05, 3.63) is 81.8 Å². The lowest BCUT2D eigenvalue weighted by Gasteiger charge is -2.26. The van der Waals surface area contributed by atoms with Crippen molar-refractivity contribution in [1.82, 2.24) is 9.88 Å². The van der Waals surface area contributed by atoms with E-state index >= 15 is 0 Å². The standard InChI is InChI=1S/C21H19N3O2S/c1-15-6-2-5-9-18(15)24(13-19-22-10-11-27-19)20(25)14-23-12-16-7-3-4-8-17(16)21(23)26/h2-11H,12-14H2,1H3. The van der Waals surface area contributed by atoms with Crippen molar-refractivity contribution in [1.29, 1.82) is 0 Å². The molecule has 0 aliphatic carbocycles. The quantitative estimate of drug-likeness (QED) is 0.682. The van der Waals surface area contributed by atoms with Gasteiger partial charge in [-0.05, 0) is 30.2 Å². The Hall–Kier alpha value is -2.99. The topological polar surface area (TPSA) is 53.5 Å². The van der Waals surface area contributed by atoms with E-state index in [2.05, 4.69) is 4.98 Å². The molecule has 0 fully saturated rings. The third kappa shape index (κ3) is 3.48. The van der Waals surface area contributed by atoms with Crippen molar-refractivity contribution < 1.29 is 9.59 Å². The minimum Gasteiger partial charge on any atom is -0.325 e. The van der Waals surface area contributed by atoms with Crippen molar-refractivity contribution in [2.45, 2.75) is 20.0 Å². The van der Waals surface area contributed by atoms with Crippen LogP contribution in [0.3, 0.4) is 0 Å². The number of anilines is 1. The Bertz CT molecular complexity index is 985. The normalized spacial score (nSPS) is 12.9. The van der Waals surface area contributed by atoms with E-state index in [1.165, 1.54) is 11.3 Å². The lowest BCUT2D eigenvalue weighted by molar-refractivity contribution is -0.119. The molecule has 0 saturated carbocycles. The zero-order valence-electron chi connectivity index (χ0n) is 15.0. The first kappa shape index (κ1) is 17.4. The Morgan fingerprint density at radius 2 is 1.96 bits per heavy atom. The molecule has 0 saturated heterocycles. The minimum absolute atomic E-state index is 0.0488. The monoisotopic (exact) mass is 377 g/mol.